The summed E-state index contributed by atoms with van der Waals surface area (Å²) in [4.78, 5) is 2.09. The summed E-state index contributed by atoms with van der Waals surface area (Å²) in [6.07, 6.45) is 4.22. The smallest absolute Gasteiger partial charge is 0.121 e. The molecule has 0 atom stereocenters. The van der Waals surface area contributed by atoms with Gasteiger partial charge in [-0.2, -0.15) is 0 Å². The number of nitrogens with one attached hydrogen (secondary N) is 1. The third-order valence-corrected chi connectivity index (χ3v) is 6.64. The number of hydrogen-bond donors (Lipinski definition) is 3. The molecule has 0 spiro atoms. The number of piperidine rings is 1. The van der Waals surface area contributed by atoms with E-state index in [9.17, 15) is 10.2 Å². The lowest BCUT2D eigenvalue weighted by Gasteiger charge is -2.23. The molecule has 1 aliphatic rings. The second kappa shape index (κ2) is 11.4. The van der Waals surface area contributed by atoms with Crippen molar-refractivity contribution >= 4 is 5.69 Å². The second-order valence-electron chi connectivity index (χ2n) is 9.74. The van der Waals surface area contributed by atoms with Gasteiger partial charge >= 0.3 is 0 Å². The topological polar surface area (TPSA) is 55.7 Å². The molecule has 3 aromatic rings. The Bertz CT molecular complexity index is 984. The van der Waals surface area contributed by atoms with Crippen molar-refractivity contribution in [1.82, 2.24) is 5.32 Å². The lowest BCUT2D eigenvalue weighted by molar-refractivity contribution is 0.466. The molecule has 0 aliphatic carbocycles. The molecule has 0 unspecified atom stereocenters. The van der Waals surface area contributed by atoms with E-state index in [1.165, 1.54) is 37.9 Å². The second-order valence-corrected chi connectivity index (χ2v) is 9.74. The van der Waals surface area contributed by atoms with Gasteiger partial charge in [-0.25, -0.2) is 0 Å². The number of hydrogen-bond acceptors (Lipinski definition) is 4. The Labute approximate surface area is 205 Å². The molecular weight excluding hydrogens is 420 g/mol. The zero-order chi connectivity index (χ0) is 24.8. The maximum atomic E-state index is 10.2. The maximum Gasteiger partial charge on any atom is 0.121 e. The van der Waals surface area contributed by atoms with Crippen molar-refractivity contribution in [2.75, 3.05) is 32.1 Å². The van der Waals surface area contributed by atoms with Gasteiger partial charge in [0.05, 0.1) is 0 Å². The van der Waals surface area contributed by atoms with Crippen LogP contribution in [-0.4, -0.2) is 37.4 Å². The van der Waals surface area contributed by atoms with Crippen molar-refractivity contribution in [1.29, 1.82) is 0 Å². The Morgan fingerprint density at radius 1 is 0.647 bits per heavy atom. The zero-order valence-electron chi connectivity index (χ0n) is 21.6. The highest BCUT2D eigenvalue weighted by molar-refractivity contribution is 5.55. The van der Waals surface area contributed by atoms with Crippen LogP contribution in [0.1, 0.15) is 64.1 Å². The minimum atomic E-state index is 0.0206. The van der Waals surface area contributed by atoms with Gasteiger partial charge in [-0.05, 0) is 105 Å². The van der Waals surface area contributed by atoms with Crippen LogP contribution >= 0.6 is 0 Å². The number of aryl methyl sites for hydroxylation is 4. The number of rotatable bonds is 4. The van der Waals surface area contributed by atoms with Crippen molar-refractivity contribution in [3.05, 3.63) is 87.5 Å². The van der Waals surface area contributed by atoms with E-state index < -0.39 is 0 Å². The first kappa shape index (κ1) is 25.6. The average Bonchev–Trinajstić information content (AvgIpc) is 2.83. The van der Waals surface area contributed by atoms with Gasteiger partial charge in [-0.15, -0.1) is 0 Å². The number of anilines is 1. The summed E-state index contributed by atoms with van der Waals surface area (Å²) >= 11 is 0. The lowest BCUT2D eigenvalue weighted by atomic mass is 9.82. The summed E-state index contributed by atoms with van der Waals surface area (Å²) in [7, 11) is 4.07. The van der Waals surface area contributed by atoms with E-state index in [1.807, 2.05) is 41.8 Å². The Morgan fingerprint density at radius 3 is 1.35 bits per heavy atom. The molecule has 4 rings (SSSR count). The highest BCUT2D eigenvalue weighted by Gasteiger charge is 2.20. The van der Waals surface area contributed by atoms with Crippen LogP contribution in [0.25, 0.3) is 0 Å². The summed E-state index contributed by atoms with van der Waals surface area (Å²) in [5.74, 6) is 0.722. The summed E-state index contributed by atoms with van der Waals surface area (Å²) in [6, 6.07) is 16.8. The average molecular weight is 461 g/mol. The molecule has 1 heterocycles. The monoisotopic (exact) mass is 460 g/mol. The highest BCUT2D eigenvalue weighted by Crippen LogP contribution is 2.38. The van der Waals surface area contributed by atoms with Crippen molar-refractivity contribution in [3.63, 3.8) is 0 Å². The maximum absolute atomic E-state index is 10.2. The Kier molecular flexibility index (Phi) is 8.62. The first-order valence-corrected chi connectivity index (χ1v) is 12.3. The molecule has 4 heteroatoms. The molecule has 34 heavy (non-hydrogen) atoms. The van der Waals surface area contributed by atoms with Gasteiger partial charge in [0.1, 0.15) is 11.5 Å². The fraction of sp³-hybridized carbons (Fsp3) is 0.400. The van der Waals surface area contributed by atoms with Crippen LogP contribution in [0.2, 0.25) is 0 Å². The van der Waals surface area contributed by atoms with E-state index in [4.69, 9.17) is 0 Å². The predicted octanol–water partition coefficient (Wildman–Crippen LogP) is 6.34. The van der Waals surface area contributed by atoms with Crippen molar-refractivity contribution < 1.29 is 10.2 Å². The van der Waals surface area contributed by atoms with Gasteiger partial charge in [0.25, 0.3) is 0 Å². The first-order valence-electron chi connectivity index (χ1n) is 12.3. The lowest BCUT2D eigenvalue weighted by Crippen LogP contribution is -2.21. The van der Waals surface area contributed by atoms with Gasteiger partial charge < -0.3 is 20.4 Å². The molecule has 0 bridgehead atoms. The van der Waals surface area contributed by atoms with E-state index in [1.54, 1.807) is 0 Å². The molecular formula is C30H40N2O2. The molecule has 0 radical (unpaired) electrons. The molecule has 0 saturated carbocycles. The summed E-state index contributed by atoms with van der Waals surface area (Å²) < 4.78 is 0. The fourth-order valence-corrected chi connectivity index (χ4v) is 4.66. The van der Waals surface area contributed by atoms with Crippen LogP contribution in [0.5, 0.6) is 11.5 Å². The number of aromatic hydroxyl groups is 2. The van der Waals surface area contributed by atoms with Crippen molar-refractivity contribution in [3.8, 4) is 11.5 Å². The molecule has 4 nitrogen and oxygen atoms in total. The van der Waals surface area contributed by atoms with Crippen molar-refractivity contribution in [2.45, 2.75) is 52.9 Å². The van der Waals surface area contributed by atoms with Gasteiger partial charge in [0, 0.05) is 25.7 Å². The highest BCUT2D eigenvalue weighted by atomic mass is 16.3. The number of benzene rings is 3. The fourth-order valence-electron chi connectivity index (χ4n) is 4.66. The summed E-state index contributed by atoms with van der Waals surface area (Å²) in [5.41, 5.74) is 8.09. The Morgan fingerprint density at radius 2 is 1.06 bits per heavy atom. The SMILES string of the molecule is C1CCNCC1.Cc1cc(C(c2ccc(N(C)C)cc2)c2cc(C)c(O)c(C)c2)cc(C)c1O. The molecule has 1 fully saturated rings. The predicted molar refractivity (Wildman–Crippen MR) is 144 cm³/mol. The van der Waals surface area contributed by atoms with Gasteiger partial charge in [0.2, 0.25) is 0 Å². The molecule has 182 valence electrons. The largest absolute Gasteiger partial charge is 0.507 e. The minimum Gasteiger partial charge on any atom is -0.507 e. The van der Waals surface area contributed by atoms with E-state index in [2.05, 4.69) is 58.7 Å². The van der Waals surface area contributed by atoms with Crippen LogP contribution in [0, 0.1) is 27.7 Å². The van der Waals surface area contributed by atoms with Gasteiger partial charge in [-0.1, -0.05) is 42.8 Å². The van der Waals surface area contributed by atoms with E-state index in [0.29, 0.717) is 11.5 Å². The standard InChI is InChI=1S/C25H29NO2.C5H11N/c1-15-11-20(12-16(2)24(15)27)23(19-7-9-22(10-8-19)26(5)6)21-13-17(3)25(28)18(4)14-21;1-2-4-6-5-3-1/h7-14,23,27-28H,1-6H3;6H,1-5H2. The van der Waals surface area contributed by atoms with E-state index >= 15 is 0 Å². The number of phenols is 2. The number of phenolic OH excluding ortho intramolecular Hbond substituents is 2. The molecule has 3 N–H and O–H groups in total. The van der Waals surface area contributed by atoms with Crippen LogP contribution in [0.3, 0.4) is 0 Å². The normalized spacial score (nSPS) is 13.4. The van der Waals surface area contributed by atoms with Gasteiger partial charge in [-0.3, -0.25) is 0 Å². The van der Waals surface area contributed by atoms with E-state index in [-0.39, 0.29) is 5.92 Å². The van der Waals surface area contributed by atoms with Crippen molar-refractivity contribution in [2.24, 2.45) is 0 Å². The van der Waals surface area contributed by atoms with E-state index in [0.717, 1.165) is 39.1 Å². The molecule has 3 aromatic carbocycles. The first-order chi connectivity index (χ1) is 16.2. The van der Waals surface area contributed by atoms with Crippen LogP contribution in [0.15, 0.2) is 48.5 Å². The molecule has 1 aliphatic heterocycles. The third kappa shape index (κ3) is 6.12. The van der Waals surface area contributed by atoms with Gasteiger partial charge in [0.15, 0.2) is 0 Å². The quantitative estimate of drug-likeness (QED) is 0.398. The minimum absolute atomic E-state index is 0.0206. The number of nitrogens with zero attached hydrogens (tertiary/aromatic N) is 1. The van der Waals surface area contributed by atoms with Crippen LogP contribution < -0.4 is 10.2 Å². The van der Waals surface area contributed by atoms with Crippen LogP contribution in [0.4, 0.5) is 5.69 Å². The molecule has 0 amide bonds. The third-order valence-electron chi connectivity index (χ3n) is 6.64. The summed E-state index contributed by atoms with van der Waals surface area (Å²) in [6.45, 7) is 10.2. The zero-order valence-corrected chi connectivity index (χ0v) is 21.6. The molecule has 0 aromatic heterocycles. The molecule has 1 saturated heterocycles. The Balaban J connectivity index is 0.000000469. The summed E-state index contributed by atoms with van der Waals surface area (Å²) in [5, 5.41) is 23.8. The van der Waals surface area contributed by atoms with Crippen LogP contribution in [-0.2, 0) is 0 Å². The Hall–Kier alpha value is -2.98.